The van der Waals surface area contributed by atoms with E-state index in [1.807, 2.05) is 12.1 Å². The Labute approximate surface area is 98.7 Å². The van der Waals surface area contributed by atoms with Gasteiger partial charge in [0.1, 0.15) is 0 Å². The van der Waals surface area contributed by atoms with Crippen molar-refractivity contribution in [1.29, 1.82) is 0 Å². The molecule has 0 atom stereocenters. The van der Waals surface area contributed by atoms with Crippen molar-refractivity contribution in [2.45, 2.75) is 12.8 Å². The van der Waals surface area contributed by atoms with E-state index in [0.717, 1.165) is 11.3 Å². The highest BCUT2D eigenvalue weighted by atomic mass is 16.7. The van der Waals surface area contributed by atoms with Crippen molar-refractivity contribution < 1.29 is 9.63 Å². The van der Waals surface area contributed by atoms with Crippen LogP contribution in [-0.4, -0.2) is 11.7 Å². The van der Waals surface area contributed by atoms with E-state index < -0.39 is 0 Å². The summed E-state index contributed by atoms with van der Waals surface area (Å²) in [7, 11) is 0. The highest BCUT2D eigenvalue weighted by Gasteiger charge is 2.17. The van der Waals surface area contributed by atoms with Crippen molar-refractivity contribution in [2.75, 3.05) is 0 Å². The molecule has 1 aliphatic rings. The Morgan fingerprint density at radius 3 is 2.71 bits per heavy atom. The number of rotatable bonds is 2. The van der Waals surface area contributed by atoms with E-state index in [1.54, 1.807) is 0 Å². The summed E-state index contributed by atoms with van der Waals surface area (Å²) in [4.78, 5) is 15.5. The van der Waals surface area contributed by atoms with Gasteiger partial charge >= 0.3 is 5.97 Å². The maximum atomic E-state index is 10.9. The van der Waals surface area contributed by atoms with E-state index in [1.165, 1.54) is 10.8 Å². The molecule has 17 heavy (non-hydrogen) atoms. The largest absolute Gasteiger partial charge is 0.340 e. The molecule has 0 fully saturated rings. The molecule has 0 N–H and O–H groups in total. The summed E-state index contributed by atoms with van der Waals surface area (Å²) >= 11 is 0. The van der Waals surface area contributed by atoms with Crippen LogP contribution in [0.1, 0.15) is 12.0 Å². The first-order chi connectivity index (χ1) is 8.31. The summed E-state index contributed by atoms with van der Waals surface area (Å²) in [6, 6.07) is 14.5. The summed E-state index contributed by atoms with van der Waals surface area (Å²) in [6.07, 6.45) is 0.989. The first kappa shape index (κ1) is 10.0. The van der Waals surface area contributed by atoms with Crippen molar-refractivity contribution in [2.24, 2.45) is 5.16 Å². The molecular weight excluding hydrogens is 214 g/mol. The molecule has 0 bridgehead atoms. The predicted molar refractivity (Wildman–Crippen MR) is 65.8 cm³/mol. The minimum Gasteiger partial charge on any atom is -0.318 e. The van der Waals surface area contributed by atoms with Gasteiger partial charge in [-0.3, -0.25) is 0 Å². The van der Waals surface area contributed by atoms with E-state index in [9.17, 15) is 4.79 Å². The molecule has 0 unspecified atom stereocenters. The molecule has 3 rings (SSSR count). The number of carbonyl (C=O) groups is 1. The molecule has 0 aliphatic carbocycles. The third-order valence-electron chi connectivity index (χ3n) is 2.85. The van der Waals surface area contributed by atoms with Crippen molar-refractivity contribution in [1.82, 2.24) is 0 Å². The molecule has 1 heterocycles. The summed E-state index contributed by atoms with van der Waals surface area (Å²) < 4.78 is 0. The van der Waals surface area contributed by atoms with Crippen LogP contribution in [-0.2, 0) is 16.1 Å². The summed E-state index contributed by atoms with van der Waals surface area (Å²) in [5, 5.41) is 6.18. The van der Waals surface area contributed by atoms with Gasteiger partial charge in [-0.25, -0.2) is 4.79 Å². The minimum absolute atomic E-state index is 0.263. The van der Waals surface area contributed by atoms with Crippen molar-refractivity contribution >= 4 is 22.5 Å². The maximum Gasteiger partial charge on any atom is 0.340 e. The van der Waals surface area contributed by atoms with Crippen molar-refractivity contribution in [3.05, 3.63) is 48.0 Å². The molecule has 0 aromatic heterocycles. The Hall–Kier alpha value is -2.16. The van der Waals surface area contributed by atoms with Gasteiger partial charge in [0.25, 0.3) is 0 Å². The van der Waals surface area contributed by atoms with Gasteiger partial charge in [-0.15, -0.1) is 0 Å². The number of fused-ring (bicyclic) bond motifs is 1. The van der Waals surface area contributed by atoms with E-state index in [0.29, 0.717) is 12.8 Å². The minimum atomic E-state index is -0.263. The Morgan fingerprint density at radius 1 is 1.12 bits per heavy atom. The molecular formula is C14H11NO2. The Kier molecular flexibility index (Phi) is 2.37. The van der Waals surface area contributed by atoms with Crippen LogP contribution in [0.3, 0.4) is 0 Å². The summed E-state index contributed by atoms with van der Waals surface area (Å²) in [5.41, 5.74) is 1.95. The second-order valence-corrected chi connectivity index (χ2v) is 4.16. The smallest absolute Gasteiger partial charge is 0.318 e. The SMILES string of the molecule is O=C1CC(Cc2ccc3ccccc3c2)=NO1. The van der Waals surface area contributed by atoms with Gasteiger partial charge in [0.15, 0.2) is 0 Å². The van der Waals surface area contributed by atoms with Crippen LogP contribution >= 0.6 is 0 Å². The molecule has 0 saturated carbocycles. The van der Waals surface area contributed by atoms with E-state index in [4.69, 9.17) is 0 Å². The monoisotopic (exact) mass is 225 g/mol. The molecule has 84 valence electrons. The fourth-order valence-electron chi connectivity index (χ4n) is 2.03. The average Bonchev–Trinajstić information content (AvgIpc) is 2.75. The van der Waals surface area contributed by atoms with Gasteiger partial charge in [0.05, 0.1) is 12.1 Å². The van der Waals surface area contributed by atoms with Gasteiger partial charge in [-0.2, -0.15) is 0 Å². The Bertz CT molecular complexity index is 616. The molecule has 0 radical (unpaired) electrons. The summed E-state index contributed by atoms with van der Waals surface area (Å²) in [6.45, 7) is 0. The topological polar surface area (TPSA) is 38.7 Å². The van der Waals surface area contributed by atoms with Gasteiger partial charge in [0.2, 0.25) is 0 Å². The highest BCUT2D eigenvalue weighted by molar-refractivity contribution is 6.03. The van der Waals surface area contributed by atoms with Crippen LogP contribution < -0.4 is 0 Å². The second-order valence-electron chi connectivity index (χ2n) is 4.16. The van der Waals surface area contributed by atoms with Crippen LogP contribution in [0.5, 0.6) is 0 Å². The quantitative estimate of drug-likeness (QED) is 0.737. The van der Waals surface area contributed by atoms with Gasteiger partial charge in [0, 0.05) is 6.42 Å². The molecule has 0 amide bonds. The number of hydrogen-bond donors (Lipinski definition) is 0. The zero-order valence-electron chi connectivity index (χ0n) is 9.22. The predicted octanol–water partition coefficient (Wildman–Crippen LogP) is 2.69. The second kappa shape index (κ2) is 4.01. The number of benzene rings is 2. The maximum absolute atomic E-state index is 10.9. The van der Waals surface area contributed by atoms with Crippen LogP contribution in [0.15, 0.2) is 47.6 Å². The lowest BCUT2D eigenvalue weighted by molar-refractivity contribution is -0.140. The van der Waals surface area contributed by atoms with Crippen LogP contribution in [0.25, 0.3) is 10.8 Å². The van der Waals surface area contributed by atoms with Crippen LogP contribution in [0.4, 0.5) is 0 Å². The molecule has 2 aromatic rings. The fraction of sp³-hybridized carbons (Fsp3) is 0.143. The number of hydrogen-bond acceptors (Lipinski definition) is 3. The Balaban J connectivity index is 1.88. The first-order valence-electron chi connectivity index (χ1n) is 5.54. The zero-order valence-corrected chi connectivity index (χ0v) is 9.22. The lowest BCUT2D eigenvalue weighted by Gasteiger charge is -2.02. The van der Waals surface area contributed by atoms with Crippen molar-refractivity contribution in [3.63, 3.8) is 0 Å². The molecule has 0 saturated heterocycles. The fourth-order valence-corrected chi connectivity index (χ4v) is 2.03. The number of carbonyl (C=O) groups excluding carboxylic acids is 1. The summed E-state index contributed by atoms with van der Waals surface area (Å²) in [5.74, 6) is -0.263. The normalized spacial score (nSPS) is 14.8. The Morgan fingerprint density at radius 2 is 1.94 bits per heavy atom. The lowest BCUT2D eigenvalue weighted by Crippen LogP contribution is -2.02. The molecule has 3 heteroatoms. The van der Waals surface area contributed by atoms with Gasteiger partial charge < -0.3 is 4.84 Å². The lowest BCUT2D eigenvalue weighted by atomic mass is 10.0. The number of nitrogens with zero attached hydrogens (tertiary/aromatic N) is 1. The van der Waals surface area contributed by atoms with E-state index in [2.05, 4.69) is 40.3 Å². The molecule has 2 aromatic carbocycles. The van der Waals surface area contributed by atoms with Gasteiger partial charge in [-0.05, 0) is 16.3 Å². The molecule has 3 nitrogen and oxygen atoms in total. The average molecular weight is 225 g/mol. The highest BCUT2D eigenvalue weighted by Crippen LogP contribution is 2.17. The zero-order chi connectivity index (χ0) is 11.7. The first-order valence-corrected chi connectivity index (χ1v) is 5.54. The molecule has 1 aliphatic heterocycles. The van der Waals surface area contributed by atoms with Crippen LogP contribution in [0.2, 0.25) is 0 Å². The van der Waals surface area contributed by atoms with Crippen molar-refractivity contribution in [3.8, 4) is 0 Å². The van der Waals surface area contributed by atoms with E-state index in [-0.39, 0.29) is 5.97 Å². The number of oxime groups is 1. The third kappa shape index (κ3) is 2.04. The molecule has 0 spiro atoms. The standard InChI is InChI=1S/C14H11NO2/c16-14-9-13(15-17-14)8-10-5-6-11-3-1-2-4-12(11)7-10/h1-7H,8-9H2. The van der Waals surface area contributed by atoms with E-state index >= 15 is 0 Å². The van der Waals surface area contributed by atoms with Crippen LogP contribution in [0, 0.1) is 0 Å². The third-order valence-corrected chi connectivity index (χ3v) is 2.85. The van der Waals surface area contributed by atoms with Gasteiger partial charge in [-0.1, -0.05) is 47.6 Å².